The zero-order valence-corrected chi connectivity index (χ0v) is 16.2. The predicted molar refractivity (Wildman–Crippen MR) is 103 cm³/mol. The van der Waals surface area contributed by atoms with Gasteiger partial charge in [-0.1, -0.05) is 64.7 Å². The van der Waals surface area contributed by atoms with Gasteiger partial charge in [-0.15, -0.1) is 0 Å². The highest BCUT2D eigenvalue weighted by atomic mass is 16.6. The van der Waals surface area contributed by atoms with Gasteiger partial charge in [0.25, 0.3) is 5.88 Å². The van der Waals surface area contributed by atoms with Gasteiger partial charge in [0.15, 0.2) is 5.75 Å². The molecule has 0 aromatic carbocycles. The molecule has 7 heteroatoms. The van der Waals surface area contributed by atoms with Crippen molar-refractivity contribution in [2.24, 2.45) is 0 Å². The molecule has 1 aromatic heterocycles. The molecule has 0 radical (unpaired) electrons. The molecule has 2 N–H and O–H groups in total. The highest BCUT2D eigenvalue weighted by Gasteiger charge is 2.11. The van der Waals surface area contributed by atoms with Crippen LogP contribution < -0.4 is 10.1 Å². The minimum atomic E-state index is -0.875. The van der Waals surface area contributed by atoms with E-state index in [-0.39, 0.29) is 18.2 Å². The van der Waals surface area contributed by atoms with E-state index in [0.29, 0.717) is 6.61 Å². The summed E-state index contributed by atoms with van der Waals surface area (Å²) in [4.78, 5) is 26.8. The van der Waals surface area contributed by atoms with Gasteiger partial charge in [0.05, 0.1) is 6.61 Å². The second kappa shape index (κ2) is 14.8. The molecule has 0 fully saturated rings. The van der Waals surface area contributed by atoms with Crippen LogP contribution in [0.5, 0.6) is 11.6 Å². The first-order valence-corrected chi connectivity index (χ1v) is 9.88. The van der Waals surface area contributed by atoms with Crippen LogP contribution in [0.4, 0.5) is 4.79 Å². The molecule has 0 saturated carbocycles. The Labute approximate surface area is 161 Å². The van der Waals surface area contributed by atoms with Gasteiger partial charge in [-0.2, -0.15) is 0 Å². The van der Waals surface area contributed by atoms with Crippen molar-refractivity contribution in [3.63, 3.8) is 0 Å². The summed E-state index contributed by atoms with van der Waals surface area (Å²) < 4.78 is 9.85. The summed E-state index contributed by atoms with van der Waals surface area (Å²) in [5.41, 5.74) is 0. The number of carbonyl (C=O) groups excluding carboxylic acids is 2. The van der Waals surface area contributed by atoms with E-state index in [1.807, 2.05) is 0 Å². The number of aromatic nitrogens is 1. The number of pyridine rings is 1. The standard InChI is InChI=1S/C20H32N2O5/c1-2-3-4-5-6-7-8-9-10-11-15-26-18(24)16-22-20(25)27-19-17(23)13-12-14-21-19/h12-14,23H,2-11,15-16H2,1H3,(H,22,25). The van der Waals surface area contributed by atoms with Gasteiger partial charge in [0.2, 0.25) is 0 Å². The number of hydrogen-bond donors (Lipinski definition) is 2. The number of nitrogens with zero attached hydrogens (tertiary/aromatic N) is 1. The van der Waals surface area contributed by atoms with E-state index >= 15 is 0 Å². The second-order valence-electron chi connectivity index (χ2n) is 6.47. The van der Waals surface area contributed by atoms with Crippen LogP contribution in [0.3, 0.4) is 0 Å². The normalized spacial score (nSPS) is 10.4. The van der Waals surface area contributed by atoms with Crippen molar-refractivity contribution in [3.8, 4) is 11.6 Å². The number of nitrogens with one attached hydrogen (secondary N) is 1. The first kappa shape index (κ1) is 22.7. The van der Waals surface area contributed by atoms with Crippen molar-refractivity contribution in [1.29, 1.82) is 0 Å². The molecule has 0 saturated heterocycles. The fourth-order valence-corrected chi connectivity index (χ4v) is 2.56. The lowest BCUT2D eigenvalue weighted by atomic mass is 10.1. The van der Waals surface area contributed by atoms with Crippen LogP contribution in [0.1, 0.15) is 71.1 Å². The van der Waals surface area contributed by atoms with Gasteiger partial charge < -0.3 is 19.9 Å². The van der Waals surface area contributed by atoms with E-state index in [1.54, 1.807) is 0 Å². The Morgan fingerprint density at radius 2 is 1.67 bits per heavy atom. The van der Waals surface area contributed by atoms with Gasteiger partial charge in [0.1, 0.15) is 6.54 Å². The number of carbonyl (C=O) groups is 2. The van der Waals surface area contributed by atoms with E-state index in [1.165, 1.54) is 63.3 Å². The van der Waals surface area contributed by atoms with Crippen LogP contribution in [-0.4, -0.2) is 35.3 Å². The number of rotatable bonds is 14. The van der Waals surface area contributed by atoms with Crippen LogP contribution in [0, 0.1) is 0 Å². The number of aromatic hydroxyl groups is 1. The summed E-state index contributed by atoms with van der Waals surface area (Å²) in [5, 5.41) is 11.7. The Hall–Kier alpha value is -2.31. The molecule has 0 aliphatic heterocycles. The Kier molecular flexibility index (Phi) is 12.5. The lowest BCUT2D eigenvalue weighted by Crippen LogP contribution is -2.33. The maximum atomic E-state index is 11.6. The van der Waals surface area contributed by atoms with Crippen molar-refractivity contribution in [2.45, 2.75) is 71.1 Å². The van der Waals surface area contributed by atoms with E-state index in [9.17, 15) is 14.7 Å². The monoisotopic (exact) mass is 380 g/mol. The molecule has 1 amide bonds. The van der Waals surface area contributed by atoms with Gasteiger partial charge in [-0.25, -0.2) is 9.78 Å². The average molecular weight is 380 g/mol. The predicted octanol–water partition coefficient (Wildman–Crippen LogP) is 4.34. The lowest BCUT2D eigenvalue weighted by Gasteiger charge is -2.07. The Morgan fingerprint density at radius 3 is 2.30 bits per heavy atom. The van der Waals surface area contributed by atoms with Crippen molar-refractivity contribution < 1.29 is 24.2 Å². The number of hydrogen-bond acceptors (Lipinski definition) is 6. The zero-order valence-electron chi connectivity index (χ0n) is 16.2. The molecule has 0 spiro atoms. The van der Waals surface area contributed by atoms with Gasteiger partial charge >= 0.3 is 12.1 Å². The Bertz CT molecular complexity index is 551. The Morgan fingerprint density at radius 1 is 1.04 bits per heavy atom. The molecular weight excluding hydrogens is 348 g/mol. The second-order valence-corrected chi connectivity index (χ2v) is 6.47. The fourth-order valence-electron chi connectivity index (χ4n) is 2.56. The quantitative estimate of drug-likeness (QED) is 0.368. The molecule has 1 heterocycles. The van der Waals surface area contributed by atoms with Crippen LogP contribution in [-0.2, 0) is 9.53 Å². The molecule has 0 bridgehead atoms. The third kappa shape index (κ3) is 11.8. The average Bonchev–Trinajstić information content (AvgIpc) is 2.66. The topological polar surface area (TPSA) is 97.8 Å². The molecule has 1 rings (SSSR count). The minimum Gasteiger partial charge on any atom is -0.503 e. The summed E-state index contributed by atoms with van der Waals surface area (Å²) in [5.74, 6) is -0.988. The molecule has 7 nitrogen and oxygen atoms in total. The summed E-state index contributed by atoms with van der Waals surface area (Å²) in [6.45, 7) is 2.29. The summed E-state index contributed by atoms with van der Waals surface area (Å²) in [6.07, 6.45) is 12.6. The van der Waals surface area contributed by atoms with E-state index in [2.05, 4.69) is 17.2 Å². The molecule has 0 atom stereocenters. The number of unbranched alkanes of at least 4 members (excludes halogenated alkanes) is 9. The van der Waals surface area contributed by atoms with Crippen LogP contribution in [0.15, 0.2) is 18.3 Å². The highest BCUT2D eigenvalue weighted by Crippen LogP contribution is 2.20. The van der Waals surface area contributed by atoms with Crippen molar-refractivity contribution in [3.05, 3.63) is 18.3 Å². The molecule has 0 aliphatic carbocycles. The summed E-state index contributed by atoms with van der Waals surface area (Å²) in [7, 11) is 0. The van der Waals surface area contributed by atoms with Gasteiger partial charge in [-0.05, 0) is 18.6 Å². The SMILES string of the molecule is CCCCCCCCCCCCOC(=O)CNC(=O)Oc1ncccc1O. The van der Waals surface area contributed by atoms with E-state index in [4.69, 9.17) is 9.47 Å². The number of ether oxygens (including phenoxy) is 2. The molecule has 1 aromatic rings. The largest absolute Gasteiger partial charge is 0.503 e. The summed E-state index contributed by atoms with van der Waals surface area (Å²) >= 11 is 0. The van der Waals surface area contributed by atoms with Gasteiger partial charge in [-0.3, -0.25) is 4.79 Å². The van der Waals surface area contributed by atoms with Crippen molar-refractivity contribution in [1.82, 2.24) is 10.3 Å². The lowest BCUT2D eigenvalue weighted by molar-refractivity contribution is -0.142. The third-order valence-electron chi connectivity index (χ3n) is 4.08. The summed E-state index contributed by atoms with van der Waals surface area (Å²) in [6, 6.07) is 2.85. The molecular formula is C20H32N2O5. The van der Waals surface area contributed by atoms with Crippen LogP contribution in [0.2, 0.25) is 0 Å². The minimum absolute atomic E-state index is 0.214. The molecule has 0 unspecified atom stereocenters. The molecule has 27 heavy (non-hydrogen) atoms. The van der Waals surface area contributed by atoms with Crippen molar-refractivity contribution >= 4 is 12.1 Å². The molecule has 152 valence electrons. The maximum absolute atomic E-state index is 11.6. The van der Waals surface area contributed by atoms with Gasteiger partial charge in [0, 0.05) is 6.20 Å². The Balaban J connectivity index is 1.95. The van der Waals surface area contributed by atoms with Crippen LogP contribution in [0.25, 0.3) is 0 Å². The first-order chi connectivity index (χ1) is 13.1. The molecule has 0 aliphatic rings. The number of esters is 1. The maximum Gasteiger partial charge on any atom is 0.414 e. The van der Waals surface area contributed by atoms with Crippen LogP contribution >= 0.6 is 0 Å². The smallest absolute Gasteiger partial charge is 0.414 e. The van der Waals surface area contributed by atoms with E-state index < -0.39 is 12.1 Å². The third-order valence-corrected chi connectivity index (χ3v) is 4.08. The van der Waals surface area contributed by atoms with Crippen molar-refractivity contribution in [2.75, 3.05) is 13.2 Å². The first-order valence-electron chi connectivity index (χ1n) is 9.88. The number of amides is 1. The highest BCUT2D eigenvalue weighted by molar-refractivity contribution is 5.78. The zero-order chi connectivity index (χ0) is 19.7. The fraction of sp³-hybridized carbons (Fsp3) is 0.650. The van der Waals surface area contributed by atoms with E-state index in [0.717, 1.165) is 19.3 Å².